The van der Waals surface area contributed by atoms with E-state index >= 15 is 0 Å². The van der Waals surface area contributed by atoms with Gasteiger partial charge in [0.2, 0.25) is 0 Å². The van der Waals surface area contributed by atoms with Crippen LogP contribution in [0.3, 0.4) is 0 Å². The first-order valence-corrected chi connectivity index (χ1v) is 6.94. The number of rotatable bonds is 3. The predicted molar refractivity (Wildman–Crippen MR) is 73.7 cm³/mol. The number of nitrogen functional groups attached to an aromatic ring is 1. The minimum atomic E-state index is -0.230. The van der Waals surface area contributed by atoms with Gasteiger partial charge in [0.25, 0.3) is 0 Å². The number of benzene rings is 1. The molecule has 0 amide bonds. The van der Waals surface area contributed by atoms with Crippen molar-refractivity contribution in [3.63, 3.8) is 0 Å². The molecular weight excluding hydrogens is 227 g/mol. The molecule has 0 radical (unpaired) electrons. The molecule has 1 aliphatic heterocycles. The van der Waals surface area contributed by atoms with Gasteiger partial charge in [-0.25, -0.2) is 4.39 Å². The van der Waals surface area contributed by atoms with Crippen LogP contribution in [0.5, 0.6) is 0 Å². The molecule has 3 heteroatoms. The Morgan fingerprint density at radius 1 is 1.28 bits per heavy atom. The number of halogens is 1. The van der Waals surface area contributed by atoms with E-state index in [2.05, 4.69) is 11.8 Å². The maximum Gasteiger partial charge on any atom is 0.125 e. The van der Waals surface area contributed by atoms with Crippen LogP contribution >= 0.6 is 0 Å². The molecule has 2 rings (SSSR count). The molecule has 0 aromatic heterocycles. The van der Waals surface area contributed by atoms with Crippen LogP contribution < -0.4 is 5.73 Å². The number of nitrogens with two attached hydrogens (primary N) is 1. The Bertz CT molecular complexity index is 372. The van der Waals surface area contributed by atoms with E-state index in [1.807, 2.05) is 6.07 Å². The molecule has 0 saturated carbocycles. The molecule has 100 valence electrons. The van der Waals surface area contributed by atoms with Gasteiger partial charge in [0.05, 0.1) is 0 Å². The summed E-state index contributed by atoms with van der Waals surface area (Å²) in [5.41, 5.74) is 7.19. The fourth-order valence-electron chi connectivity index (χ4n) is 2.82. The summed E-state index contributed by atoms with van der Waals surface area (Å²) in [7, 11) is 0. The van der Waals surface area contributed by atoms with Gasteiger partial charge in [0.15, 0.2) is 0 Å². The average Bonchev–Trinajstić information content (AvgIpc) is 2.53. The zero-order chi connectivity index (χ0) is 13.0. The molecule has 1 heterocycles. The van der Waals surface area contributed by atoms with Crippen LogP contribution in [0.2, 0.25) is 0 Å². The van der Waals surface area contributed by atoms with Crippen molar-refractivity contribution in [2.45, 2.75) is 39.2 Å². The fraction of sp³-hybridized carbons (Fsp3) is 0.600. The minimum absolute atomic E-state index is 0.230. The zero-order valence-electron chi connectivity index (χ0n) is 11.2. The molecule has 1 aliphatic rings. The molecule has 18 heavy (non-hydrogen) atoms. The number of nitrogens with zero attached hydrogens (tertiary/aromatic N) is 1. The normalized spacial score (nSPS) is 21.8. The lowest BCUT2D eigenvalue weighted by molar-refractivity contribution is 0.271. The van der Waals surface area contributed by atoms with Gasteiger partial charge in [-0.05, 0) is 62.0 Å². The molecule has 1 atom stereocenters. The summed E-state index contributed by atoms with van der Waals surface area (Å²) in [6, 6.07) is 4.85. The third-order valence-electron chi connectivity index (χ3n) is 3.90. The highest BCUT2D eigenvalue weighted by molar-refractivity contribution is 5.41. The van der Waals surface area contributed by atoms with Gasteiger partial charge in [-0.1, -0.05) is 13.3 Å². The third-order valence-corrected chi connectivity index (χ3v) is 3.90. The molecule has 1 aromatic rings. The van der Waals surface area contributed by atoms with Gasteiger partial charge in [0, 0.05) is 12.2 Å². The second-order valence-corrected chi connectivity index (χ2v) is 5.37. The van der Waals surface area contributed by atoms with Gasteiger partial charge < -0.3 is 5.73 Å². The Balaban J connectivity index is 1.96. The quantitative estimate of drug-likeness (QED) is 0.833. The van der Waals surface area contributed by atoms with Crippen LogP contribution in [0.25, 0.3) is 0 Å². The molecule has 2 N–H and O–H groups in total. The van der Waals surface area contributed by atoms with Gasteiger partial charge in [-0.2, -0.15) is 0 Å². The number of hydrogen-bond donors (Lipinski definition) is 1. The van der Waals surface area contributed by atoms with Crippen LogP contribution in [-0.2, 0) is 6.54 Å². The maximum atomic E-state index is 13.3. The minimum Gasteiger partial charge on any atom is -0.399 e. The van der Waals surface area contributed by atoms with Crippen molar-refractivity contribution in [2.24, 2.45) is 5.92 Å². The van der Waals surface area contributed by atoms with E-state index < -0.39 is 0 Å². The molecular formula is C15H23FN2. The lowest BCUT2D eigenvalue weighted by atomic mass is 9.98. The molecule has 1 unspecified atom stereocenters. The van der Waals surface area contributed by atoms with E-state index in [-0.39, 0.29) is 5.82 Å². The van der Waals surface area contributed by atoms with Crippen molar-refractivity contribution in [3.05, 3.63) is 29.6 Å². The van der Waals surface area contributed by atoms with E-state index in [9.17, 15) is 4.39 Å². The lowest BCUT2D eigenvalue weighted by Crippen LogP contribution is -2.24. The summed E-state index contributed by atoms with van der Waals surface area (Å²) in [4.78, 5) is 2.42. The maximum absolute atomic E-state index is 13.3. The second-order valence-electron chi connectivity index (χ2n) is 5.37. The summed E-state index contributed by atoms with van der Waals surface area (Å²) >= 11 is 0. The molecule has 1 aromatic carbocycles. The Kier molecular flexibility index (Phi) is 4.59. The number of likely N-dealkylation sites (tertiary alicyclic amines) is 1. The topological polar surface area (TPSA) is 29.3 Å². The lowest BCUT2D eigenvalue weighted by Gasteiger charge is -2.20. The summed E-state index contributed by atoms with van der Waals surface area (Å²) in [6.45, 7) is 5.33. The Labute approximate surface area is 109 Å². The van der Waals surface area contributed by atoms with Crippen LogP contribution in [-0.4, -0.2) is 18.0 Å². The average molecular weight is 250 g/mol. The smallest absolute Gasteiger partial charge is 0.125 e. The fourth-order valence-corrected chi connectivity index (χ4v) is 2.82. The molecule has 0 bridgehead atoms. The van der Waals surface area contributed by atoms with E-state index in [1.165, 1.54) is 31.7 Å². The highest BCUT2D eigenvalue weighted by Crippen LogP contribution is 2.22. The standard InChI is InChI=1S/C15H23FN2/c1-2-12-4-3-6-18(7-5-12)11-13-8-14(16)10-15(17)9-13/h8-10,12H,2-7,11,17H2,1H3. The molecule has 1 fully saturated rings. The van der Waals surface area contributed by atoms with Crippen LogP contribution in [0.1, 0.15) is 38.2 Å². The van der Waals surface area contributed by atoms with Crippen molar-refractivity contribution in [3.8, 4) is 0 Å². The van der Waals surface area contributed by atoms with Crippen molar-refractivity contribution < 1.29 is 4.39 Å². The predicted octanol–water partition coefficient (Wildman–Crippen LogP) is 3.42. The SMILES string of the molecule is CCC1CCCN(Cc2cc(N)cc(F)c2)CC1. The Morgan fingerprint density at radius 3 is 2.83 bits per heavy atom. The van der Waals surface area contributed by atoms with Crippen molar-refractivity contribution in [1.82, 2.24) is 4.90 Å². The van der Waals surface area contributed by atoms with Gasteiger partial charge in [-0.15, -0.1) is 0 Å². The third kappa shape index (κ3) is 3.70. The summed E-state index contributed by atoms with van der Waals surface area (Å²) in [5, 5.41) is 0. The van der Waals surface area contributed by atoms with Crippen molar-refractivity contribution >= 4 is 5.69 Å². The van der Waals surface area contributed by atoms with E-state index in [1.54, 1.807) is 6.07 Å². The van der Waals surface area contributed by atoms with Crippen LogP contribution in [0.15, 0.2) is 18.2 Å². The van der Waals surface area contributed by atoms with Crippen molar-refractivity contribution in [2.75, 3.05) is 18.8 Å². The van der Waals surface area contributed by atoms with Gasteiger partial charge in [0.1, 0.15) is 5.82 Å². The first-order chi connectivity index (χ1) is 8.67. The Morgan fingerprint density at radius 2 is 2.11 bits per heavy atom. The summed E-state index contributed by atoms with van der Waals surface area (Å²) in [5.74, 6) is 0.638. The monoisotopic (exact) mass is 250 g/mol. The summed E-state index contributed by atoms with van der Waals surface area (Å²) in [6.07, 6.45) is 5.13. The summed E-state index contributed by atoms with van der Waals surface area (Å²) < 4.78 is 13.3. The largest absolute Gasteiger partial charge is 0.399 e. The first-order valence-electron chi connectivity index (χ1n) is 6.94. The highest BCUT2D eigenvalue weighted by atomic mass is 19.1. The highest BCUT2D eigenvalue weighted by Gasteiger charge is 2.15. The first kappa shape index (κ1) is 13.3. The van der Waals surface area contributed by atoms with E-state index in [4.69, 9.17) is 5.73 Å². The van der Waals surface area contributed by atoms with Gasteiger partial charge >= 0.3 is 0 Å². The number of hydrogen-bond acceptors (Lipinski definition) is 2. The number of anilines is 1. The zero-order valence-corrected chi connectivity index (χ0v) is 11.2. The Hall–Kier alpha value is -1.09. The second kappa shape index (κ2) is 6.19. The van der Waals surface area contributed by atoms with E-state index in [0.717, 1.165) is 31.1 Å². The van der Waals surface area contributed by atoms with Crippen LogP contribution in [0.4, 0.5) is 10.1 Å². The molecule has 1 saturated heterocycles. The van der Waals surface area contributed by atoms with Crippen molar-refractivity contribution in [1.29, 1.82) is 0 Å². The van der Waals surface area contributed by atoms with E-state index in [0.29, 0.717) is 5.69 Å². The molecule has 0 aliphatic carbocycles. The molecule has 2 nitrogen and oxygen atoms in total. The van der Waals surface area contributed by atoms with Crippen LogP contribution in [0, 0.1) is 11.7 Å². The van der Waals surface area contributed by atoms with Gasteiger partial charge in [-0.3, -0.25) is 4.90 Å². The molecule has 0 spiro atoms.